The summed E-state index contributed by atoms with van der Waals surface area (Å²) in [5, 5.41) is 7.90. The smallest absolute Gasteiger partial charge is 0.335 e. The first-order valence-electron chi connectivity index (χ1n) is 4.87. The van der Waals surface area contributed by atoms with E-state index in [0.717, 1.165) is 24.2 Å². The van der Waals surface area contributed by atoms with E-state index in [2.05, 4.69) is 15.2 Å². The van der Waals surface area contributed by atoms with E-state index in [1.165, 1.54) is 0 Å². The van der Waals surface area contributed by atoms with Gasteiger partial charge in [0, 0.05) is 6.54 Å². The highest BCUT2D eigenvalue weighted by Gasteiger charge is 2.05. The van der Waals surface area contributed by atoms with E-state index >= 15 is 0 Å². The van der Waals surface area contributed by atoms with E-state index in [-0.39, 0.29) is 0 Å². The van der Waals surface area contributed by atoms with Crippen molar-refractivity contribution >= 4 is 0 Å². The van der Waals surface area contributed by atoms with Gasteiger partial charge >= 0.3 is 6.01 Å². The summed E-state index contributed by atoms with van der Waals surface area (Å²) in [7, 11) is 0. The van der Waals surface area contributed by atoms with Gasteiger partial charge in [0.05, 0.1) is 11.4 Å². The third-order valence-electron chi connectivity index (χ3n) is 1.84. The van der Waals surface area contributed by atoms with E-state index in [0.29, 0.717) is 19.2 Å². The lowest BCUT2D eigenvalue weighted by Crippen LogP contribution is -2.13. The Hall–Kier alpha value is -1.23. The van der Waals surface area contributed by atoms with E-state index in [1.807, 2.05) is 13.8 Å². The standard InChI is InChI=1S/C9H16N4O/c1-3-7-8(4-2)12-13-9(11-7)14-6-5-10/h3-6,10H2,1-2H3. The van der Waals surface area contributed by atoms with Gasteiger partial charge in [0.25, 0.3) is 0 Å². The summed E-state index contributed by atoms with van der Waals surface area (Å²) in [6, 6.07) is 0.324. The van der Waals surface area contributed by atoms with Gasteiger partial charge in [-0.1, -0.05) is 18.9 Å². The molecule has 0 unspecified atom stereocenters. The third-order valence-corrected chi connectivity index (χ3v) is 1.84. The summed E-state index contributed by atoms with van der Waals surface area (Å²) in [6.07, 6.45) is 1.69. The molecule has 0 fully saturated rings. The molecule has 0 amide bonds. The molecule has 0 bridgehead atoms. The maximum absolute atomic E-state index is 5.30. The van der Waals surface area contributed by atoms with Crippen LogP contribution in [0.25, 0.3) is 0 Å². The second-order valence-electron chi connectivity index (χ2n) is 2.83. The fourth-order valence-electron chi connectivity index (χ4n) is 1.13. The monoisotopic (exact) mass is 196 g/mol. The molecule has 78 valence electrons. The fraction of sp³-hybridized carbons (Fsp3) is 0.667. The van der Waals surface area contributed by atoms with Gasteiger partial charge in [-0.05, 0) is 12.8 Å². The molecule has 14 heavy (non-hydrogen) atoms. The average molecular weight is 196 g/mol. The predicted octanol–water partition coefficient (Wildman–Crippen LogP) is 0.334. The van der Waals surface area contributed by atoms with Crippen molar-refractivity contribution in [3.05, 3.63) is 11.4 Å². The van der Waals surface area contributed by atoms with Crippen LogP contribution in [0.15, 0.2) is 0 Å². The van der Waals surface area contributed by atoms with Crippen molar-refractivity contribution < 1.29 is 4.74 Å². The van der Waals surface area contributed by atoms with Crippen LogP contribution in [0, 0.1) is 0 Å². The largest absolute Gasteiger partial charge is 0.461 e. The highest BCUT2D eigenvalue weighted by Crippen LogP contribution is 2.07. The van der Waals surface area contributed by atoms with Crippen molar-refractivity contribution in [3.8, 4) is 6.01 Å². The van der Waals surface area contributed by atoms with Gasteiger partial charge in [-0.15, -0.1) is 5.10 Å². The molecule has 0 aromatic carbocycles. The highest BCUT2D eigenvalue weighted by atomic mass is 16.5. The Balaban J connectivity index is 2.79. The molecule has 1 aromatic heterocycles. The molecular weight excluding hydrogens is 180 g/mol. The zero-order valence-corrected chi connectivity index (χ0v) is 8.66. The number of nitrogens with two attached hydrogens (primary N) is 1. The molecule has 2 N–H and O–H groups in total. The van der Waals surface area contributed by atoms with Crippen molar-refractivity contribution in [3.63, 3.8) is 0 Å². The van der Waals surface area contributed by atoms with Crippen LogP contribution in [0.2, 0.25) is 0 Å². The summed E-state index contributed by atoms with van der Waals surface area (Å²) in [6.45, 7) is 4.96. The van der Waals surface area contributed by atoms with E-state index < -0.39 is 0 Å². The zero-order chi connectivity index (χ0) is 10.4. The van der Waals surface area contributed by atoms with Gasteiger partial charge in [0.15, 0.2) is 0 Å². The van der Waals surface area contributed by atoms with Crippen molar-refractivity contribution in [2.24, 2.45) is 5.73 Å². The molecular formula is C9H16N4O. The first kappa shape index (κ1) is 10.8. The Morgan fingerprint density at radius 3 is 2.43 bits per heavy atom. The van der Waals surface area contributed by atoms with E-state index in [4.69, 9.17) is 10.5 Å². The molecule has 1 aromatic rings. The maximum Gasteiger partial charge on any atom is 0.335 e. The number of ether oxygens (including phenoxy) is 1. The zero-order valence-electron chi connectivity index (χ0n) is 8.66. The molecule has 0 spiro atoms. The van der Waals surface area contributed by atoms with Crippen molar-refractivity contribution in [1.82, 2.24) is 15.2 Å². The number of aryl methyl sites for hydroxylation is 2. The van der Waals surface area contributed by atoms with Gasteiger partial charge in [-0.25, -0.2) is 0 Å². The van der Waals surface area contributed by atoms with Crippen molar-refractivity contribution in [2.75, 3.05) is 13.2 Å². The number of hydrogen-bond acceptors (Lipinski definition) is 5. The topological polar surface area (TPSA) is 73.9 Å². The lowest BCUT2D eigenvalue weighted by atomic mass is 10.2. The van der Waals surface area contributed by atoms with Gasteiger partial charge in [-0.2, -0.15) is 4.98 Å². The summed E-state index contributed by atoms with van der Waals surface area (Å²) in [5.41, 5.74) is 7.19. The van der Waals surface area contributed by atoms with Crippen LogP contribution in [0.3, 0.4) is 0 Å². The van der Waals surface area contributed by atoms with Crippen LogP contribution in [0.4, 0.5) is 0 Å². The summed E-state index contributed by atoms with van der Waals surface area (Å²) < 4.78 is 5.19. The minimum Gasteiger partial charge on any atom is -0.461 e. The van der Waals surface area contributed by atoms with Crippen LogP contribution >= 0.6 is 0 Å². The predicted molar refractivity (Wildman–Crippen MR) is 53.1 cm³/mol. The third kappa shape index (κ3) is 2.63. The second-order valence-corrected chi connectivity index (χ2v) is 2.83. The summed E-state index contributed by atoms with van der Waals surface area (Å²) >= 11 is 0. The number of hydrogen-bond donors (Lipinski definition) is 1. The Kier molecular flexibility index (Phi) is 4.25. The Labute approximate surface area is 83.7 Å². The molecule has 1 rings (SSSR count). The highest BCUT2D eigenvalue weighted by molar-refractivity contribution is 5.11. The molecule has 5 heteroatoms. The second kappa shape index (κ2) is 5.49. The first-order valence-corrected chi connectivity index (χ1v) is 4.87. The minimum absolute atomic E-state index is 0.324. The number of nitrogens with zero attached hydrogens (tertiary/aromatic N) is 3. The van der Waals surface area contributed by atoms with Crippen LogP contribution in [0.5, 0.6) is 6.01 Å². The van der Waals surface area contributed by atoms with Crippen LogP contribution in [0.1, 0.15) is 25.2 Å². The maximum atomic E-state index is 5.30. The molecule has 0 aliphatic carbocycles. The average Bonchev–Trinajstić information content (AvgIpc) is 2.25. The van der Waals surface area contributed by atoms with E-state index in [9.17, 15) is 0 Å². The lowest BCUT2D eigenvalue weighted by molar-refractivity contribution is 0.295. The summed E-state index contributed by atoms with van der Waals surface area (Å²) in [5.74, 6) is 0. The van der Waals surface area contributed by atoms with Crippen LogP contribution < -0.4 is 10.5 Å². The normalized spacial score (nSPS) is 10.2. The Morgan fingerprint density at radius 1 is 1.14 bits per heavy atom. The Morgan fingerprint density at radius 2 is 1.86 bits per heavy atom. The lowest BCUT2D eigenvalue weighted by Gasteiger charge is -2.05. The summed E-state index contributed by atoms with van der Waals surface area (Å²) in [4.78, 5) is 4.25. The Bertz CT molecular complexity index is 290. The molecule has 0 aliphatic rings. The quantitative estimate of drug-likeness (QED) is 0.734. The fourth-order valence-corrected chi connectivity index (χ4v) is 1.13. The minimum atomic E-state index is 0.324. The molecule has 0 aliphatic heterocycles. The molecule has 5 nitrogen and oxygen atoms in total. The van der Waals surface area contributed by atoms with Gasteiger partial charge < -0.3 is 10.5 Å². The van der Waals surface area contributed by atoms with Crippen LogP contribution in [-0.4, -0.2) is 28.3 Å². The first-order chi connectivity index (χ1) is 6.81. The molecule has 0 saturated carbocycles. The molecule has 0 saturated heterocycles. The van der Waals surface area contributed by atoms with Crippen molar-refractivity contribution in [2.45, 2.75) is 26.7 Å². The van der Waals surface area contributed by atoms with Gasteiger partial charge in [0.1, 0.15) is 6.61 Å². The molecule has 0 radical (unpaired) electrons. The van der Waals surface area contributed by atoms with Crippen molar-refractivity contribution in [1.29, 1.82) is 0 Å². The molecule has 1 heterocycles. The SMILES string of the molecule is CCc1nnc(OCCN)nc1CC. The molecule has 0 atom stereocenters. The van der Waals surface area contributed by atoms with Gasteiger partial charge in [-0.3, -0.25) is 0 Å². The van der Waals surface area contributed by atoms with Gasteiger partial charge in [0.2, 0.25) is 0 Å². The van der Waals surface area contributed by atoms with E-state index in [1.54, 1.807) is 0 Å². The number of aromatic nitrogens is 3. The van der Waals surface area contributed by atoms with Crippen LogP contribution in [-0.2, 0) is 12.8 Å². The number of rotatable bonds is 5.